The van der Waals surface area contributed by atoms with Gasteiger partial charge in [-0.25, -0.2) is 0 Å². The van der Waals surface area contributed by atoms with Crippen LogP contribution in [0.25, 0.3) is 0 Å². The second-order valence-corrected chi connectivity index (χ2v) is 5.15. The van der Waals surface area contributed by atoms with Crippen molar-refractivity contribution in [3.63, 3.8) is 0 Å². The minimum atomic E-state index is -0.229. The first-order valence-electron chi connectivity index (χ1n) is 4.52. The predicted molar refractivity (Wildman–Crippen MR) is 60.7 cm³/mol. The summed E-state index contributed by atoms with van der Waals surface area (Å²) in [5.41, 5.74) is 0.817. The summed E-state index contributed by atoms with van der Waals surface area (Å²) in [4.78, 5) is 11.5. The van der Waals surface area contributed by atoms with E-state index < -0.39 is 0 Å². The van der Waals surface area contributed by atoms with Crippen LogP contribution < -0.4 is 0 Å². The molecule has 1 nitrogen and oxygen atoms in total. The van der Waals surface area contributed by atoms with E-state index >= 15 is 0 Å². The van der Waals surface area contributed by atoms with Crippen molar-refractivity contribution in [1.82, 2.24) is 0 Å². The lowest BCUT2D eigenvalue weighted by molar-refractivity contribution is -0.119. The van der Waals surface area contributed by atoms with Crippen molar-refractivity contribution in [3.8, 4) is 0 Å². The lowest BCUT2D eigenvalue weighted by atomic mass is 9.92. The van der Waals surface area contributed by atoms with Gasteiger partial charge in [0, 0.05) is 9.50 Å². The molecule has 0 saturated heterocycles. The Morgan fingerprint density at radius 3 is 2.50 bits per heavy atom. The van der Waals surface area contributed by atoms with Crippen LogP contribution in [0.4, 0.5) is 0 Å². The van der Waals surface area contributed by atoms with Gasteiger partial charge < -0.3 is 0 Å². The van der Waals surface area contributed by atoms with Crippen LogP contribution in [-0.2, 0) is 10.2 Å². The third-order valence-corrected chi connectivity index (χ3v) is 3.52. The van der Waals surface area contributed by atoms with E-state index in [4.69, 9.17) is 11.6 Å². The summed E-state index contributed by atoms with van der Waals surface area (Å²) in [7, 11) is 0. The predicted octanol–water partition coefficient (Wildman–Crippen LogP) is 3.72. The molecule has 0 heterocycles. The van der Waals surface area contributed by atoms with Gasteiger partial charge in [-0.05, 0) is 43.5 Å². The van der Waals surface area contributed by atoms with E-state index in [0.29, 0.717) is 5.02 Å². The maximum Gasteiger partial charge on any atom is 0.140 e. The van der Waals surface area contributed by atoms with Crippen molar-refractivity contribution in [2.45, 2.75) is 25.2 Å². The van der Waals surface area contributed by atoms with Gasteiger partial charge in [-0.15, -0.1) is 0 Å². The highest BCUT2D eigenvalue weighted by Gasteiger charge is 2.48. The largest absolute Gasteiger partial charge is 0.299 e. The van der Waals surface area contributed by atoms with Crippen LogP contribution in [0, 0.1) is 0 Å². The molecule has 3 heteroatoms. The molecule has 0 atom stereocenters. The molecule has 0 N–H and O–H groups in total. The summed E-state index contributed by atoms with van der Waals surface area (Å²) in [5.74, 6) is 0.242. The van der Waals surface area contributed by atoms with Gasteiger partial charge in [0.05, 0.1) is 5.41 Å². The Morgan fingerprint density at radius 2 is 2.07 bits per heavy atom. The van der Waals surface area contributed by atoms with E-state index in [9.17, 15) is 4.79 Å². The fraction of sp³-hybridized carbons (Fsp3) is 0.364. The summed E-state index contributed by atoms with van der Waals surface area (Å²) in [6.45, 7) is 1.65. The molecule has 0 radical (unpaired) electrons. The molecule has 2 rings (SSSR count). The first-order chi connectivity index (χ1) is 6.54. The average Bonchev–Trinajstić information content (AvgIpc) is 2.81. The van der Waals surface area contributed by atoms with Crippen LogP contribution in [0.3, 0.4) is 0 Å². The maximum absolute atomic E-state index is 11.5. The van der Waals surface area contributed by atoms with E-state index in [1.807, 2.05) is 18.2 Å². The molecule has 0 unspecified atom stereocenters. The molecule has 0 amide bonds. The monoisotopic (exact) mass is 272 g/mol. The highest BCUT2D eigenvalue weighted by Crippen LogP contribution is 2.49. The van der Waals surface area contributed by atoms with Crippen molar-refractivity contribution >= 4 is 33.3 Å². The first-order valence-corrected chi connectivity index (χ1v) is 5.69. The van der Waals surface area contributed by atoms with E-state index in [2.05, 4.69) is 15.9 Å². The molecular weight excluding hydrogens is 263 g/mol. The highest BCUT2D eigenvalue weighted by molar-refractivity contribution is 9.10. The van der Waals surface area contributed by atoms with Crippen molar-refractivity contribution in [1.29, 1.82) is 0 Å². The molecule has 1 aromatic rings. The zero-order valence-electron chi connectivity index (χ0n) is 7.81. The molecule has 1 aliphatic rings. The lowest BCUT2D eigenvalue weighted by Gasteiger charge is -2.12. The van der Waals surface area contributed by atoms with Crippen LogP contribution >= 0.6 is 27.5 Å². The van der Waals surface area contributed by atoms with Gasteiger partial charge in [0.1, 0.15) is 5.78 Å². The Balaban J connectivity index is 2.47. The number of Topliss-reactive ketones (excluding diaryl/α,β-unsaturated/α-hetero) is 1. The Morgan fingerprint density at radius 1 is 1.43 bits per heavy atom. The molecule has 1 saturated carbocycles. The number of carbonyl (C=O) groups is 1. The van der Waals surface area contributed by atoms with E-state index in [1.165, 1.54) is 0 Å². The van der Waals surface area contributed by atoms with Crippen molar-refractivity contribution in [2.24, 2.45) is 0 Å². The third-order valence-electron chi connectivity index (χ3n) is 2.84. The quantitative estimate of drug-likeness (QED) is 0.802. The zero-order valence-corrected chi connectivity index (χ0v) is 10.2. The molecule has 0 spiro atoms. The molecule has 1 aromatic carbocycles. The van der Waals surface area contributed by atoms with Crippen molar-refractivity contribution in [2.75, 3.05) is 0 Å². The number of ketones is 1. The van der Waals surface area contributed by atoms with Crippen molar-refractivity contribution < 1.29 is 4.79 Å². The third kappa shape index (κ3) is 1.61. The molecule has 74 valence electrons. The van der Waals surface area contributed by atoms with Gasteiger partial charge in [0.15, 0.2) is 0 Å². The Bertz CT molecular complexity index is 376. The number of hydrogen-bond donors (Lipinski definition) is 0. The smallest absolute Gasteiger partial charge is 0.140 e. The summed E-state index contributed by atoms with van der Waals surface area (Å²) >= 11 is 9.33. The van der Waals surface area contributed by atoms with Gasteiger partial charge in [-0.1, -0.05) is 27.5 Å². The normalized spacial score (nSPS) is 17.9. The van der Waals surface area contributed by atoms with Crippen LogP contribution in [0.1, 0.15) is 25.3 Å². The second kappa shape index (κ2) is 3.35. The van der Waals surface area contributed by atoms with Gasteiger partial charge in [-0.2, -0.15) is 0 Å². The van der Waals surface area contributed by atoms with Gasteiger partial charge in [0.2, 0.25) is 0 Å². The first kappa shape index (κ1) is 10.2. The molecule has 1 fully saturated rings. The maximum atomic E-state index is 11.5. The van der Waals surface area contributed by atoms with Gasteiger partial charge in [-0.3, -0.25) is 4.79 Å². The molecule has 0 aromatic heterocycles. The Hall–Kier alpha value is -0.340. The van der Waals surface area contributed by atoms with Gasteiger partial charge in [0.25, 0.3) is 0 Å². The van der Waals surface area contributed by atoms with E-state index in [0.717, 1.165) is 22.9 Å². The summed E-state index contributed by atoms with van der Waals surface area (Å²) < 4.78 is 0.938. The summed E-state index contributed by atoms with van der Waals surface area (Å²) in [6.07, 6.45) is 1.91. The zero-order chi connectivity index (χ0) is 10.3. The van der Waals surface area contributed by atoms with Gasteiger partial charge >= 0.3 is 0 Å². The molecule has 0 bridgehead atoms. The fourth-order valence-corrected chi connectivity index (χ4v) is 2.66. The lowest BCUT2D eigenvalue weighted by Crippen LogP contribution is -2.16. The number of rotatable bonds is 2. The molecule has 14 heavy (non-hydrogen) atoms. The van der Waals surface area contributed by atoms with Crippen LogP contribution in [0.5, 0.6) is 0 Å². The number of benzene rings is 1. The summed E-state index contributed by atoms with van der Waals surface area (Å²) in [5, 5.41) is 0.682. The van der Waals surface area contributed by atoms with Crippen LogP contribution in [0.15, 0.2) is 22.7 Å². The number of carbonyl (C=O) groups excluding carboxylic acids is 1. The minimum absolute atomic E-state index is 0.229. The standard InChI is InChI=1S/C11H10BrClO/c1-7(14)11(2-3-11)8-4-9(12)6-10(13)5-8/h4-6H,2-3H2,1H3. The SMILES string of the molecule is CC(=O)C1(c2cc(Cl)cc(Br)c2)CC1. The number of halogens is 2. The average molecular weight is 274 g/mol. The molecule has 1 aliphatic carbocycles. The Labute approximate surface area is 96.6 Å². The fourth-order valence-electron chi connectivity index (χ4n) is 1.80. The Kier molecular flexibility index (Phi) is 2.44. The summed E-state index contributed by atoms with van der Waals surface area (Å²) in [6, 6.07) is 5.71. The minimum Gasteiger partial charge on any atom is -0.299 e. The topological polar surface area (TPSA) is 17.1 Å². The van der Waals surface area contributed by atoms with Crippen LogP contribution in [0.2, 0.25) is 5.02 Å². The van der Waals surface area contributed by atoms with Crippen LogP contribution in [-0.4, -0.2) is 5.78 Å². The molecular formula is C11H10BrClO. The molecule has 0 aliphatic heterocycles. The second-order valence-electron chi connectivity index (χ2n) is 3.80. The van der Waals surface area contributed by atoms with E-state index in [1.54, 1.807) is 6.92 Å². The van der Waals surface area contributed by atoms with E-state index in [-0.39, 0.29) is 11.2 Å². The highest BCUT2D eigenvalue weighted by atomic mass is 79.9. The number of hydrogen-bond acceptors (Lipinski definition) is 1. The van der Waals surface area contributed by atoms with Crippen molar-refractivity contribution in [3.05, 3.63) is 33.3 Å².